The fourth-order valence-corrected chi connectivity index (χ4v) is 4.57. The van der Waals surface area contributed by atoms with Gasteiger partial charge >= 0.3 is 6.09 Å². The van der Waals surface area contributed by atoms with Gasteiger partial charge in [0.2, 0.25) is 10.0 Å². The first-order chi connectivity index (χ1) is 16.6. The highest BCUT2D eigenvalue weighted by molar-refractivity contribution is 7.92. The van der Waals surface area contributed by atoms with Crippen LogP contribution in [0.1, 0.15) is 51.3 Å². The van der Waals surface area contributed by atoms with Crippen LogP contribution in [0.25, 0.3) is 0 Å². The largest absolute Gasteiger partial charge is 0.506 e. The number of anilines is 2. The van der Waals surface area contributed by atoms with Gasteiger partial charge in [0.25, 0.3) is 0 Å². The normalized spacial score (nSPS) is 15.8. The number of rotatable bonds is 10. The van der Waals surface area contributed by atoms with Crippen LogP contribution in [0.3, 0.4) is 0 Å². The maximum atomic E-state index is 12.8. The molecular weight excluding hydrogens is 522 g/mol. The number of aliphatic hydroxyl groups excluding tert-OH is 1. The van der Waals surface area contributed by atoms with E-state index in [0.717, 1.165) is 17.5 Å². The number of halogens is 1. The molecule has 0 aromatic heterocycles. The Labute approximate surface area is 224 Å². The third-order valence-corrected chi connectivity index (χ3v) is 6.73. The van der Waals surface area contributed by atoms with Crippen LogP contribution in [0.5, 0.6) is 11.5 Å². The van der Waals surface area contributed by atoms with Crippen LogP contribution in [0.4, 0.5) is 16.2 Å². The predicted octanol–water partition coefficient (Wildman–Crippen LogP) is 3.88. The third kappa shape index (κ3) is 7.64. The Morgan fingerprint density at radius 1 is 1.19 bits per heavy atom. The van der Waals surface area contributed by atoms with Crippen LogP contribution in [0.15, 0.2) is 36.4 Å². The lowest BCUT2D eigenvalue weighted by atomic mass is 9.93. The van der Waals surface area contributed by atoms with Crippen molar-refractivity contribution in [3.05, 3.63) is 47.5 Å². The quantitative estimate of drug-likeness (QED) is 0.323. The van der Waals surface area contributed by atoms with Gasteiger partial charge in [0.05, 0.1) is 30.8 Å². The molecule has 4 N–H and O–H groups in total. The molecule has 0 spiro atoms. The number of carbonyl (C=O) groups is 1. The lowest BCUT2D eigenvalue weighted by Gasteiger charge is -2.40. The number of benzene rings is 2. The van der Waals surface area contributed by atoms with Crippen LogP contribution >= 0.6 is 12.4 Å². The number of cyclic esters (lactones) is 1. The van der Waals surface area contributed by atoms with Gasteiger partial charge in [-0.25, -0.2) is 13.2 Å². The van der Waals surface area contributed by atoms with E-state index >= 15 is 0 Å². The van der Waals surface area contributed by atoms with Crippen molar-refractivity contribution in [1.29, 1.82) is 0 Å². The Balaban J connectivity index is 0.00000481. The zero-order valence-electron chi connectivity index (χ0n) is 21.9. The monoisotopic (exact) mass is 557 g/mol. The molecule has 2 aromatic carbocycles. The topological polar surface area (TPSA) is 137 Å². The van der Waals surface area contributed by atoms with Crippen LogP contribution in [0.2, 0.25) is 0 Å². The Kier molecular flexibility index (Phi) is 9.35. The zero-order chi connectivity index (χ0) is 26.9. The fourth-order valence-electron chi connectivity index (χ4n) is 4.01. The summed E-state index contributed by atoms with van der Waals surface area (Å²) < 4.78 is 36.3. The van der Waals surface area contributed by atoms with Gasteiger partial charge in [-0.05, 0) is 70.0 Å². The van der Waals surface area contributed by atoms with Crippen molar-refractivity contribution in [1.82, 2.24) is 5.32 Å². The summed E-state index contributed by atoms with van der Waals surface area (Å²) in [6.45, 7) is 8.15. The summed E-state index contributed by atoms with van der Waals surface area (Å²) >= 11 is 0. The summed E-state index contributed by atoms with van der Waals surface area (Å²) in [7, 11) is -2.00. The Morgan fingerprint density at radius 3 is 2.49 bits per heavy atom. The van der Waals surface area contributed by atoms with E-state index in [4.69, 9.17) is 9.47 Å². The molecule has 3 rings (SSSR count). The summed E-state index contributed by atoms with van der Waals surface area (Å²) in [4.78, 5) is 14.4. The predicted molar refractivity (Wildman–Crippen MR) is 145 cm³/mol. The van der Waals surface area contributed by atoms with E-state index in [9.17, 15) is 23.4 Å². The second kappa shape index (κ2) is 11.3. The number of hydrogen-bond acceptors (Lipinski definition) is 8. The van der Waals surface area contributed by atoms with E-state index in [1.54, 1.807) is 12.0 Å². The number of phenols is 1. The Morgan fingerprint density at radius 2 is 1.86 bits per heavy atom. The van der Waals surface area contributed by atoms with Crippen molar-refractivity contribution < 1.29 is 32.9 Å². The lowest BCUT2D eigenvalue weighted by molar-refractivity contribution is 0.0345. The average molecular weight is 558 g/mol. The second-order valence-electron chi connectivity index (χ2n) is 10.1. The number of ether oxygens (including phenoxy) is 2. The van der Waals surface area contributed by atoms with Gasteiger partial charge in [-0.2, -0.15) is 0 Å². The summed E-state index contributed by atoms with van der Waals surface area (Å²) in [5, 5.41) is 23.9. The molecule has 0 bridgehead atoms. The number of sulfonamides is 1. The standard InChI is InChI=1S/C25H35N3O7S.ClH/c1-24(2,26-15-22(30)16-7-10-21(29)19(13-16)27-36(6,32)33)11-12-28-20-9-8-17(34-5)14-18(20)25(3,4)35-23(28)31;/h7-10,13-14,22,26-27,29-30H,11-12,15H2,1-6H3;1H. The number of nitrogens with one attached hydrogen (secondary N) is 2. The summed E-state index contributed by atoms with van der Waals surface area (Å²) in [6.07, 6.45) is 0.146. The summed E-state index contributed by atoms with van der Waals surface area (Å²) in [6, 6.07) is 9.79. The number of amides is 1. The number of carbonyl (C=O) groups excluding carboxylic acids is 1. The highest BCUT2D eigenvalue weighted by atomic mass is 35.5. The number of phenolic OH excluding ortho intramolecular Hbond substituents is 1. The molecule has 0 fully saturated rings. The van der Waals surface area contributed by atoms with E-state index in [1.165, 1.54) is 18.2 Å². The van der Waals surface area contributed by atoms with Crippen molar-refractivity contribution in [3.63, 3.8) is 0 Å². The molecule has 0 saturated carbocycles. The molecule has 1 amide bonds. The third-order valence-electron chi connectivity index (χ3n) is 6.14. The van der Waals surface area contributed by atoms with Crippen molar-refractivity contribution in [3.8, 4) is 11.5 Å². The first kappa shape index (κ1) is 30.5. The van der Waals surface area contributed by atoms with Crippen LogP contribution in [0, 0.1) is 0 Å². The SMILES string of the molecule is COc1ccc2c(c1)C(C)(C)OC(=O)N2CCC(C)(C)NCC(O)c1ccc(O)c(NS(C)(=O)=O)c1.Cl. The molecule has 1 aliphatic heterocycles. The van der Waals surface area contributed by atoms with Crippen LogP contribution < -0.4 is 19.7 Å². The minimum absolute atomic E-state index is 0. The highest BCUT2D eigenvalue weighted by Gasteiger charge is 2.39. The van der Waals surface area contributed by atoms with E-state index < -0.39 is 33.4 Å². The summed E-state index contributed by atoms with van der Waals surface area (Å²) in [5.74, 6) is 0.444. The minimum Gasteiger partial charge on any atom is -0.506 e. The number of methoxy groups -OCH3 is 1. The molecule has 0 aliphatic carbocycles. The van der Waals surface area contributed by atoms with Gasteiger partial charge in [-0.15, -0.1) is 12.4 Å². The van der Waals surface area contributed by atoms with Gasteiger partial charge in [0, 0.05) is 24.2 Å². The van der Waals surface area contributed by atoms with Crippen molar-refractivity contribution in [2.24, 2.45) is 0 Å². The molecule has 12 heteroatoms. The van der Waals surface area contributed by atoms with Crippen LogP contribution in [-0.4, -0.2) is 56.7 Å². The second-order valence-corrected chi connectivity index (χ2v) is 11.8. The molecule has 0 radical (unpaired) electrons. The van der Waals surface area contributed by atoms with Crippen molar-refractivity contribution in [2.45, 2.75) is 51.4 Å². The molecule has 2 aromatic rings. The molecule has 206 valence electrons. The Bertz CT molecular complexity index is 1230. The highest BCUT2D eigenvalue weighted by Crippen LogP contribution is 2.41. The number of fused-ring (bicyclic) bond motifs is 1. The first-order valence-electron chi connectivity index (χ1n) is 11.5. The minimum atomic E-state index is -3.59. The number of aromatic hydroxyl groups is 1. The maximum absolute atomic E-state index is 12.8. The average Bonchev–Trinajstić information content (AvgIpc) is 2.77. The molecule has 1 aliphatic rings. The van der Waals surface area contributed by atoms with E-state index in [2.05, 4.69) is 10.0 Å². The first-order valence-corrected chi connectivity index (χ1v) is 13.4. The Hall–Kier alpha value is -2.73. The molecule has 1 unspecified atom stereocenters. The molecular formula is C25H36ClN3O7S. The summed E-state index contributed by atoms with van der Waals surface area (Å²) in [5.41, 5.74) is 0.800. The molecule has 1 atom stereocenters. The van der Waals surface area contributed by atoms with Gasteiger partial charge in [-0.1, -0.05) is 6.07 Å². The lowest BCUT2D eigenvalue weighted by Crippen LogP contribution is -2.48. The fraction of sp³-hybridized carbons (Fsp3) is 0.480. The zero-order valence-corrected chi connectivity index (χ0v) is 23.5. The smallest absolute Gasteiger partial charge is 0.415 e. The van der Waals surface area contributed by atoms with Crippen molar-refractivity contribution in [2.75, 3.05) is 36.1 Å². The van der Waals surface area contributed by atoms with Crippen LogP contribution in [-0.2, 0) is 20.4 Å². The number of β-amino-alcohol motifs (C(OH)–C–C–N with tert-alkyl or cyclic N) is 1. The van der Waals surface area contributed by atoms with E-state index in [0.29, 0.717) is 24.3 Å². The molecule has 1 heterocycles. The van der Waals surface area contributed by atoms with Gasteiger partial charge < -0.3 is 25.0 Å². The number of nitrogens with zero attached hydrogens (tertiary/aromatic N) is 1. The number of aliphatic hydroxyl groups is 1. The van der Waals surface area contributed by atoms with Gasteiger partial charge in [0.1, 0.15) is 17.1 Å². The van der Waals surface area contributed by atoms with Gasteiger partial charge in [0.15, 0.2) is 0 Å². The molecule has 10 nitrogen and oxygen atoms in total. The van der Waals surface area contributed by atoms with Gasteiger partial charge in [-0.3, -0.25) is 9.62 Å². The molecule has 0 saturated heterocycles. The van der Waals surface area contributed by atoms with E-state index in [1.807, 2.05) is 45.9 Å². The maximum Gasteiger partial charge on any atom is 0.415 e. The van der Waals surface area contributed by atoms with E-state index in [-0.39, 0.29) is 30.4 Å². The number of hydrogen-bond donors (Lipinski definition) is 4. The van der Waals surface area contributed by atoms with Crippen molar-refractivity contribution >= 4 is 39.9 Å². The molecule has 37 heavy (non-hydrogen) atoms.